The molecule has 0 bridgehead atoms. The second-order valence-corrected chi connectivity index (χ2v) is 4.73. The van der Waals surface area contributed by atoms with E-state index in [2.05, 4.69) is 15.3 Å². The van der Waals surface area contributed by atoms with E-state index in [9.17, 15) is 4.39 Å². The van der Waals surface area contributed by atoms with Crippen LogP contribution in [-0.2, 0) is 6.42 Å². The highest BCUT2D eigenvalue weighted by molar-refractivity contribution is 7.19. The van der Waals surface area contributed by atoms with Gasteiger partial charge in [0.15, 0.2) is 10.8 Å². The Balaban J connectivity index is 2.23. The van der Waals surface area contributed by atoms with E-state index in [1.165, 1.54) is 17.4 Å². The average molecular weight is 263 g/mol. The predicted octanol–water partition coefficient (Wildman–Crippen LogP) is 2.14. The third kappa shape index (κ3) is 1.55. The van der Waals surface area contributed by atoms with Crippen molar-refractivity contribution < 1.29 is 4.39 Å². The molecular formula is C11H10FN5S. The fourth-order valence-electron chi connectivity index (χ4n) is 1.75. The van der Waals surface area contributed by atoms with E-state index in [4.69, 9.17) is 5.73 Å². The number of nitrogen functional groups attached to an aromatic ring is 1. The largest absolute Gasteiger partial charge is 0.398 e. The van der Waals surface area contributed by atoms with E-state index < -0.39 is 0 Å². The number of aryl methyl sites for hydroxylation is 1. The number of aromatic nitrogens is 4. The summed E-state index contributed by atoms with van der Waals surface area (Å²) in [6.45, 7) is 1.97. The van der Waals surface area contributed by atoms with Crippen LogP contribution in [0.15, 0.2) is 18.2 Å². The molecule has 0 spiro atoms. The van der Waals surface area contributed by atoms with Gasteiger partial charge >= 0.3 is 0 Å². The Morgan fingerprint density at radius 3 is 2.94 bits per heavy atom. The minimum atomic E-state index is -0.377. The van der Waals surface area contributed by atoms with E-state index >= 15 is 0 Å². The Morgan fingerprint density at radius 2 is 2.22 bits per heavy atom. The van der Waals surface area contributed by atoms with Crippen LogP contribution in [0.1, 0.15) is 12.7 Å². The summed E-state index contributed by atoms with van der Waals surface area (Å²) in [5, 5.41) is 12.8. The van der Waals surface area contributed by atoms with Crippen molar-refractivity contribution in [1.82, 2.24) is 19.8 Å². The van der Waals surface area contributed by atoms with Crippen LogP contribution in [0.2, 0.25) is 0 Å². The zero-order valence-corrected chi connectivity index (χ0v) is 10.4. The molecule has 0 unspecified atom stereocenters. The summed E-state index contributed by atoms with van der Waals surface area (Å²) >= 11 is 1.27. The van der Waals surface area contributed by atoms with E-state index in [0.717, 1.165) is 12.2 Å². The van der Waals surface area contributed by atoms with Gasteiger partial charge in [-0.1, -0.05) is 24.3 Å². The van der Waals surface area contributed by atoms with Gasteiger partial charge in [-0.25, -0.2) is 4.39 Å². The van der Waals surface area contributed by atoms with Crippen molar-refractivity contribution in [3.05, 3.63) is 29.8 Å². The molecule has 5 nitrogen and oxygen atoms in total. The highest BCUT2D eigenvalue weighted by Gasteiger charge is 2.16. The molecule has 3 rings (SSSR count). The lowest BCUT2D eigenvalue weighted by Crippen LogP contribution is -1.96. The lowest BCUT2D eigenvalue weighted by molar-refractivity contribution is 0.631. The number of fused-ring (bicyclic) bond motifs is 1. The summed E-state index contributed by atoms with van der Waals surface area (Å²) in [5.41, 5.74) is 6.50. The van der Waals surface area contributed by atoms with Crippen molar-refractivity contribution in [2.45, 2.75) is 13.3 Å². The second-order valence-electron chi connectivity index (χ2n) is 3.78. The first kappa shape index (κ1) is 11.1. The average Bonchev–Trinajstić information content (AvgIpc) is 2.88. The zero-order chi connectivity index (χ0) is 12.7. The van der Waals surface area contributed by atoms with Gasteiger partial charge < -0.3 is 5.73 Å². The monoisotopic (exact) mass is 263 g/mol. The fraction of sp³-hybridized carbons (Fsp3) is 0.182. The van der Waals surface area contributed by atoms with Crippen molar-refractivity contribution in [3.63, 3.8) is 0 Å². The number of hydrogen-bond acceptors (Lipinski definition) is 5. The predicted molar refractivity (Wildman–Crippen MR) is 67.8 cm³/mol. The minimum Gasteiger partial charge on any atom is -0.398 e. The normalized spacial score (nSPS) is 11.2. The Bertz CT molecular complexity index is 697. The summed E-state index contributed by atoms with van der Waals surface area (Å²) in [6.07, 6.45) is 0.719. The van der Waals surface area contributed by atoms with Gasteiger partial charge in [-0.2, -0.15) is 9.61 Å². The molecule has 0 radical (unpaired) electrons. The van der Waals surface area contributed by atoms with Crippen molar-refractivity contribution >= 4 is 22.0 Å². The molecule has 2 aromatic heterocycles. The quantitative estimate of drug-likeness (QED) is 0.719. The molecule has 92 valence electrons. The van der Waals surface area contributed by atoms with E-state index in [0.29, 0.717) is 21.2 Å². The van der Waals surface area contributed by atoms with Crippen LogP contribution in [-0.4, -0.2) is 19.8 Å². The standard InChI is InChI=1S/C11H10FN5S/c1-2-8-14-15-11-17(8)16-10(18-11)9-6(12)4-3-5-7(9)13/h3-5H,2,13H2,1H3. The molecule has 2 heterocycles. The molecule has 0 fully saturated rings. The maximum absolute atomic E-state index is 13.8. The van der Waals surface area contributed by atoms with Gasteiger partial charge in [-0.15, -0.1) is 10.2 Å². The van der Waals surface area contributed by atoms with Crippen LogP contribution in [0.4, 0.5) is 10.1 Å². The Morgan fingerprint density at radius 1 is 1.39 bits per heavy atom. The SMILES string of the molecule is CCc1nnc2sc(-c3c(N)cccc3F)nn12. The van der Waals surface area contributed by atoms with Crippen LogP contribution in [0.3, 0.4) is 0 Å². The molecule has 0 saturated carbocycles. The summed E-state index contributed by atoms with van der Waals surface area (Å²) in [5.74, 6) is 0.375. The van der Waals surface area contributed by atoms with Crippen LogP contribution in [0.25, 0.3) is 15.5 Å². The van der Waals surface area contributed by atoms with Gasteiger partial charge in [0.25, 0.3) is 0 Å². The summed E-state index contributed by atoms with van der Waals surface area (Å²) in [4.78, 5) is 0.643. The molecule has 1 aromatic carbocycles. The number of nitrogens with zero attached hydrogens (tertiary/aromatic N) is 4. The Hall–Kier alpha value is -2.02. The molecular weight excluding hydrogens is 253 g/mol. The van der Waals surface area contributed by atoms with Gasteiger partial charge in [-0.3, -0.25) is 0 Å². The first-order chi connectivity index (χ1) is 8.70. The highest BCUT2D eigenvalue weighted by Crippen LogP contribution is 2.32. The van der Waals surface area contributed by atoms with Gasteiger partial charge in [0, 0.05) is 12.1 Å². The number of nitrogens with two attached hydrogens (primary N) is 1. The van der Waals surface area contributed by atoms with Gasteiger partial charge in [0.2, 0.25) is 4.96 Å². The topological polar surface area (TPSA) is 69.1 Å². The van der Waals surface area contributed by atoms with Crippen LogP contribution in [0.5, 0.6) is 0 Å². The van der Waals surface area contributed by atoms with E-state index in [1.54, 1.807) is 16.6 Å². The molecule has 0 aliphatic heterocycles. The molecule has 0 saturated heterocycles. The van der Waals surface area contributed by atoms with Crippen LogP contribution < -0.4 is 5.73 Å². The number of hydrogen-bond donors (Lipinski definition) is 1. The zero-order valence-electron chi connectivity index (χ0n) is 9.59. The first-order valence-electron chi connectivity index (χ1n) is 5.46. The summed E-state index contributed by atoms with van der Waals surface area (Å²) in [6, 6.07) is 4.60. The third-order valence-corrected chi connectivity index (χ3v) is 3.55. The van der Waals surface area contributed by atoms with Crippen LogP contribution >= 0.6 is 11.3 Å². The lowest BCUT2D eigenvalue weighted by atomic mass is 10.2. The fourth-order valence-corrected chi connectivity index (χ4v) is 2.67. The Labute approximate surface area is 106 Å². The van der Waals surface area contributed by atoms with Gasteiger partial charge in [-0.05, 0) is 12.1 Å². The van der Waals surface area contributed by atoms with Gasteiger partial charge in [0.1, 0.15) is 5.82 Å². The van der Waals surface area contributed by atoms with Crippen molar-refractivity contribution in [1.29, 1.82) is 0 Å². The minimum absolute atomic E-state index is 0.329. The number of anilines is 1. The smallest absolute Gasteiger partial charge is 0.234 e. The maximum Gasteiger partial charge on any atom is 0.234 e. The molecule has 3 aromatic rings. The van der Waals surface area contributed by atoms with Gasteiger partial charge in [0.05, 0.1) is 5.56 Å². The maximum atomic E-state index is 13.8. The van der Waals surface area contributed by atoms with E-state index in [-0.39, 0.29) is 5.82 Å². The third-order valence-electron chi connectivity index (χ3n) is 2.63. The van der Waals surface area contributed by atoms with Crippen LogP contribution in [0, 0.1) is 5.82 Å². The molecule has 0 atom stereocenters. The number of halogens is 1. The van der Waals surface area contributed by atoms with Crippen molar-refractivity contribution in [2.75, 3.05) is 5.73 Å². The van der Waals surface area contributed by atoms with E-state index in [1.807, 2.05) is 6.92 Å². The summed E-state index contributed by atoms with van der Waals surface area (Å²) in [7, 11) is 0. The molecule has 7 heteroatoms. The molecule has 0 aliphatic carbocycles. The van der Waals surface area contributed by atoms with Crippen molar-refractivity contribution in [2.24, 2.45) is 0 Å². The van der Waals surface area contributed by atoms with Crippen molar-refractivity contribution in [3.8, 4) is 10.6 Å². The highest BCUT2D eigenvalue weighted by atomic mass is 32.1. The molecule has 0 aliphatic rings. The second kappa shape index (κ2) is 4.02. The molecule has 18 heavy (non-hydrogen) atoms. The molecule has 2 N–H and O–H groups in total. The number of rotatable bonds is 2. The molecule has 0 amide bonds. The summed E-state index contributed by atoms with van der Waals surface area (Å²) < 4.78 is 15.4. The lowest BCUT2D eigenvalue weighted by Gasteiger charge is -2.02. The number of benzene rings is 1. The first-order valence-corrected chi connectivity index (χ1v) is 6.28. The Kier molecular flexibility index (Phi) is 2.48.